The minimum Gasteiger partial charge on any atom is -0.377 e. The molecule has 136 valence electrons. The Morgan fingerprint density at radius 1 is 1.33 bits per heavy atom. The molecule has 2 saturated heterocycles. The third-order valence-electron chi connectivity index (χ3n) is 4.46. The first-order valence-corrected chi connectivity index (χ1v) is 10.1. The van der Waals surface area contributed by atoms with Crippen molar-refractivity contribution in [3.63, 3.8) is 0 Å². The van der Waals surface area contributed by atoms with Gasteiger partial charge in [0.15, 0.2) is 0 Å². The number of sulfonamides is 1. The van der Waals surface area contributed by atoms with E-state index in [4.69, 9.17) is 16.3 Å². The van der Waals surface area contributed by atoms with Gasteiger partial charge in [-0.15, -0.1) is 12.4 Å². The highest BCUT2D eigenvalue weighted by atomic mass is 35.5. The van der Waals surface area contributed by atoms with Crippen molar-refractivity contribution < 1.29 is 13.2 Å². The molecule has 0 radical (unpaired) electrons. The fourth-order valence-electron chi connectivity index (χ4n) is 3.29. The lowest BCUT2D eigenvalue weighted by Gasteiger charge is -2.36. The number of piperazine rings is 1. The zero-order valence-corrected chi connectivity index (χ0v) is 15.9. The summed E-state index contributed by atoms with van der Waals surface area (Å²) in [6.07, 6.45) is 2.71. The predicted octanol–water partition coefficient (Wildman–Crippen LogP) is 2.61. The third-order valence-corrected chi connectivity index (χ3v) is 6.64. The molecule has 2 atom stereocenters. The van der Waals surface area contributed by atoms with Gasteiger partial charge in [0.2, 0.25) is 10.0 Å². The van der Waals surface area contributed by atoms with E-state index in [-0.39, 0.29) is 30.3 Å². The van der Waals surface area contributed by atoms with Crippen LogP contribution in [0.25, 0.3) is 0 Å². The van der Waals surface area contributed by atoms with E-state index in [0.29, 0.717) is 31.3 Å². The first-order valence-electron chi connectivity index (χ1n) is 8.13. The van der Waals surface area contributed by atoms with Gasteiger partial charge in [0.05, 0.1) is 17.9 Å². The molecule has 0 aliphatic carbocycles. The molecule has 0 spiro atoms. The Bertz CT molecular complexity index is 636. The topological polar surface area (TPSA) is 58.6 Å². The highest BCUT2D eigenvalue weighted by molar-refractivity contribution is 7.89. The Kier molecular flexibility index (Phi) is 7.34. The molecule has 1 N–H and O–H groups in total. The molecule has 24 heavy (non-hydrogen) atoms. The summed E-state index contributed by atoms with van der Waals surface area (Å²) >= 11 is 6.07. The van der Waals surface area contributed by atoms with Crippen LogP contribution in [0.1, 0.15) is 30.9 Å². The molecule has 0 aromatic heterocycles. The van der Waals surface area contributed by atoms with Gasteiger partial charge in [0, 0.05) is 31.3 Å². The molecule has 2 aliphatic heterocycles. The van der Waals surface area contributed by atoms with E-state index in [1.54, 1.807) is 10.4 Å². The van der Waals surface area contributed by atoms with Crippen LogP contribution in [-0.2, 0) is 14.8 Å². The van der Waals surface area contributed by atoms with Crippen molar-refractivity contribution >= 4 is 34.0 Å². The normalized spacial score (nSPS) is 25.9. The molecule has 2 heterocycles. The zero-order chi connectivity index (χ0) is 16.3. The molecule has 0 saturated carbocycles. The van der Waals surface area contributed by atoms with Crippen molar-refractivity contribution in [1.29, 1.82) is 0 Å². The number of nitrogens with zero attached hydrogens (tertiary/aromatic N) is 1. The maximum absolute atomic E-state index is 12.9. The number of hydrogen-bond donors (Lipinski definition) is 1. The second kappa shape index (κ2) is 8.83. The Labute approximate surface area is 155 Å². The minimum absolute atomic E-state index is 0. The second-order valence-electron chi connectivity index (χ2n) is 6.15. The number of benzene rings is 1. The average Bonchev–Trinajstić information content (AvgIpc) is 2.55. The van der Waals surface area contributed by atoms with Crippen LogP contribution in [-0.4, -0.2) is 50.8 Å². The Hall–Kier alpha value is -0.370. The Morgan fingerprint density at radius 2 is 2.17 bits per heavy atom. The molecule has 2 fully saturated rings. The number of hydrogen-bond acceptors (Lipinski definition) is 4. The summed E-state index contributed by atoms with van der Waals surface area (Å²) < 4.78 is 33.1. The van der Waals surface area contributed by atoms with E-state index in [2.05, 4.69) is 5.32 Å². The highest BCUT2D eigenvalue weighted by Gasteiger charge is 2.35. The van der Waals surface area contributed by atoms with Crippen molar-refractivity contribution in [2.45, 2.75) is 31.4 Å². The van der Waals surface area contributed by atoms with Crippen molar-refractivity contribution in [3.8, 4) is 0 Å². The van der Waals surface area contributed by atoms with Crippen molar-refractivity contribution in [1.82, 2.24) is 9.62 Å². The van der Waals surface area contributed by atoms with Crippen LogP contribution in [0.3, 0.4) is 0 Å². The van der Waals surface area contributed by atoms with Crippen molar-refractivity contribution in [2.24, 2.45) is 0 Å². The zero-order valence-electron chi connectivity index (χ0n) is 13.5. The first kappa shape index (κ1) is 19.9. The van der Waals surface area contributed by atoms with Gasteiger partial charge >= 0.3 is 0 Å². The lowest BCUT2D eigenvalue weighted by atomic mass is 10.1. The Morgan fingerprint density at radius 3 is 2.88 bits per heavy atom. The van der Waals surface area contributed by atoms with Gasteiger partial charge in [-0.05, 0) is 37.0 Å². The number of rotatable bonds is 4. The van der Waals surface area contributed by atoms with Gasteiger partial charge in [-0.25, -0.2) is 8.42 Å². The van der Waals surface area contributed by atoms with Crippen LogP contribution >= 0.6 is 24.0 Å². The summed E-state index contributed by atoms with van der Waals surface area (Å²) in [6.45, 7) is 2.42. The number of halogens is 2. The molecule has 8 heteroatoms. The van der Waals surface area contributed by atoms with Gasteiger partial charge in [-0.1, -0.05) is 23.7 Å². The summed E-state index contributed by atoms with van der Waals surface area (Å²) in [5.74, 6) is 0.0735. The fraction of sp³-hybridized carbons (Fsp3) is 0.625. The highest BCUT2D eigenvalue weighted by Crippen LogP contribution is 2.28. The van der Waals surface area contributed by atoms with E-state index in [9.17, 15) is 8.42 Å². The lowest BCUT2D eigenvalue weighted by molar-refractivity contribution is 0.0296. The van der Waals surface area contributed by atoms with Gasteiger partial charge in [-0.3, -0.25) is 0 Å². The molecule has 3 rings (SSSR count). The van der Waals surface area contributed by atoms with Gasteiger partial charge in [0.25, 0.3) is 0 Å². The van der Waals surface area contributed by atoms with E-state index in [0.717, 1.165) is 24.8 Å². The monoisotopic (exact) mass is 394 g/mol. The summed E-state index contributed by atoms with van der Waals surface area (Å²) in [5, 5.41) is 3.90. The molecule has 1 aromatic rings. The van der Waals surface area contributed by atoms with Crippen LogP contribution in [0.5, 0.6) is 0 Å². The summed E-state index contributed by atoms with van der Waals surface area (Å²) in [6, 6.07) is 7.23. The Balaban J connectivity index is 0.00000208. The molecular formula is C16H24Cl2N2O3S. The molecule has 0 amide bonds. The molecule has 2 unspecified atom stereocenters. The van der Waals surface area contributed by atoms with E-state index in [1.807, 2.05) is 18.2 Å². The van der Waals surface area contributed by atoms with Gasteiger partial charge < -0.3 is 10.1 Å². The standard InChI is InChI=1S/C16H23ClN2O3S.ClH/c17-14-5-3-4-13(10-14)16-11-18-7-8-19(16)23(20,21)12-15-6-1-2-9-22-15;/h3-5,10,15-16,18H,1-2,6-9,11-12H2;1H. The third kappa shape index (κ3) is 4.84. The minimum atomic E-state index is -3.37. The SMILES string of the molecule is Cl.O=S(=O)(CC1CCCCO1)N1CCNCC1c1cccc(Cl)c1. The van der Waals surface area contributed by atoms with E-state index in [1.165, 1.54) is 0 Å². The maximum atomic E-state index is 12.9. The van der Waals surface area contributed by atoms with Crippen LogP contribution in [0.2, 0.25) is 5.02 Å². The fourth-order valence-corrected chi connectivity index (χ4v) is 5.36. The summed E-state index contributed by atoms with van der Waals surface area (Å²) in [4.78, 5) is 0. The molecular weight excluding hydrogens is 371 g/mol. The number of nitrogens with one attached hydrogen (secondary N) is 1. The molecule has 2 aliphatic rings. The maximum Gasteiger partial charge on any atom is 0.217 e. The van der Waals surface area contributed by atoms with E-state index < -0.39 is 10.0 Å². The van der Waals surface area contributed by atoms with Crippen LogP contribution in [0.15, 0.2) is 24.3 Å². The van der Waals surface area contributed by atoms with Crippen molar-refractivity contribution in [3.05, 3.63) is 34.9 Å². The van der Waals surface area contributed by atoms with Gasteiger partial charge in [-0.2, -0.15) is 4.31 Å². The number of ether oxygens (including phenoxy) is 1. The molecule has 0 bridgehead atoms. The largest absolute Gasteiger partial charge is 0.377 e. The van der Waals surface area contributed by atoms with E-state index >= 15 is 0 Å². The van der Waals surface area contributed by atoms with Crippen LogP contribution < -0.4 is 5.32 Å². The summed E-state index contributed by atoms with van der Waals surface area (Å²) in [7, 11) is -3.37. The predicted molar refractivity (Wildman–Crippen MR) is 98.4 cm³/mol. The second-order valence-corrected chi connectivity index (χ2v) is 8.56. The van der Waals surface area contributed by atoms with Crippen LogP contribution in [0, 0.1) is 0 Å². The van der Waals surface area contributed by atoms with Gasteiger partial charge in [0.1, 0.15) is 0 Å². The smallest absolute Gasteiger partial charge is 0.217 e. The van der Waals surface area contributed by atoms with Crippen LogP contribution in [0.4, 0.5) is 0 Å². The summed E-state index contributed by atoms with van der Waals surface area (Å²) in [5.41, 5.74) is 0.929. The average molecular weight is 395 g/mol. The lowest BCUT2D eigenvalue weighted by Crippen LogP contribution is -2.50. The molecule has 5 nitrogen and oxygen atoms in total. The quantitative estimate of drug-likeness (QED) is 0.852. The van der Waals surface area contributed by atoms with Crippen molar-refractivity contribution in [2.75, 3.05) is 32.0 Å². The molecule has 1 aromatic carbocycles. The first-order chi connectivity index (χ1) is 11.1.